The second-order valence-electron chi connectivity index (χ2n) is 3.63. The summed E-state index contributed by atoms with van der Waals surface area (Å²) < 4.78 is 0. The van der Waals surface area contributed by atoms with Crippen LogP contribution in [0.15, 0.2) is 18.3 Å². The van der Waals surface area contributed by atoms with Crippen LogP contribution in [0.25, 0.3) is 0 Å². The Morgan fingerprint density at radius 3 is 2.79 bits per heavy atom. The SMILES string of the molecule is C[C@@H]1C[C@H]1Nc1ccc([N+](=O)[O-])nc1. The Morgan fingerprint density at radius 1 is 1.64 bits per heavy atom. The summed E-state index contributed by atoms with van der Waals surface area (Å²) in [6.45, 7) is 2.16. The molecule has 74 valence electrons. The minimum Gasteiger partial charge on any atom is -0.379 e. The van der Waals surface area contributed by atoms with Gasteiger partial charge in [0, 0.05) is 12.1 Å². The number of hydrogen-bond acceptors (Lipinski definition) is 4. The van der Waals surface area contributed by atoms with Gasteiger partial charge in [0.2, 0.25) is 0 Å². The maximum absolute atomic E-state index is 10.3. The van der Waals surface area contributed by atoms with Crippen molar-refractivity contribution >= 4 is 11.5 Å². The quantitative estimate of drug-likeness (QED) is 0.587. The molecule has 0 spiro atoms. The van der Waals surface area contributed by atoms with Crippen LogP contribution in [-0.2, 0) is 0 Å². The van der Waals surface area contributed by atoms with E-state index in [1.54, 1.807) is 6.07 Å². The molecule has 0 amide bonds. The molecule has 0 saturated heterocycles. The molecule has 1 fully saturated rings. The molecule has 1 aromatic rings. The van der Waals surface area contributed by atoms with Crippen molar-refractivity contribution < 1.29 is 4.92 Å². The van der Waals surface area contributed by atoms with E-state index in [2.05, 4.69) is 17.2 Å². The number of nitrogens with one attached hydrogen (secondary N) is 1. The van der Waals surface area contributed by atoms with Gasteiger partial charge >= 0.3 is 5.82 Å². The van der Waals surface area contributed by atoms with Crippen molar-refractivity contribution in [3.05, 3.63) is 28.4 Å². The molecule has 0 aromatic carbocycles. The fourth-order valence-electron chi connectivity index (χ4n) is 1.32. The lowest BCUT2D eigenvalue weighted by Gasteiger charge is -2.01. The highest BCUT2D eigenvalue weighted by Crippen LogP contribution is 2.32. The third-order valence-electron chi connectivity index (χ3n) is 2.40. The van der Waals surface area contributed by atoms with E-state index in [0.717, 1.165) is 12.1 Å². The number of anilines is 1. The first kappa shape index (κ1) is 8.93. The van der Waals surface area contributed by atoms with E-state index in [-0.39, 0.29) is 5.82 Å². The lowest BCUT2D eigenvalue weighted by atomic mass is 10.4. The van der Waals surface area contributed by atoms with E-state index in [9.17, 15) is 10.1 Å². The van der Waals surface area contributed by atoms with Gasteiger partial charge in [-0.05, 0) is 28.3 Å². The Labute approximate surface area is 81.3 Å². The Balaban J connectivity index is 2.02. The summed E-state index contributed by atoms with van der Waals surface area (Å²) in [5.74, 6) is 0.588. The number of pyridine rings is 1. The summed E-state index contributed by atoms with van der Waals surface area (Å²) in [6.07, 6.45) is 2.67. The van der Waals surface area contributed by atoms with Crippen molar-refractivity contribution in [3.63, 3.8) is 0 Å². The normalized spacial score (nSPS) is 24.4. The molecule has 5 nitrogen and oxygen atoms in total. The van der Waals surface area contributed by atoms with Crippen molar-refractivity contribution in [1.82, 2.24) is 4.98 Å². The molecule has 0 aliphatic heterocycles. The summed E-state index contributed by atoms with van der Waals surface area (Å²) in [6, 6.07) is 3.62. The largest absolute Gasteiger partial charge is 0.379 e. The minimum absolute atomic E-state index is 0.112. The maximum Gasteiger partial charge on any atom is 0.363 e. The van der Waals surface area contributed by atoms with Gasteiger partial charge in [-0.1, -0.05) is 6.92 Å². The molecule has 1 N–H and O–H groups in total. The molecular formula is C9H11N3O2. The second-order valence-corrected chi connectivity index (χ2v) is 3.63. The summed E-state index contributed by atoms with van der Waals surface area (Å²) in [5, 5.41) is 13.6. The third kappa shape index (κ3) is 1.81. The Hall–Kier alpha value is -1.65. The van der Waals surface area contributed by atoms with Gasteiger partial charge in [0.25, 0.3) is 0 Å². The highest BCUT2D eigenvalue weighted by Gasteiger charge is 2.32. The molecule has 1 heterocycles. The van der Waals surface area contributed by atoms with Crippen molar-refractivity contribution in [3.8, 4) is 0 Å². The third-order valence-corrected chi connectivity index (χ3v) is 2.40. The Bertz CT molecular complexity index is 350. The van der Waals surface area contributed by atoms with Crippen molar-refractivity contribution in [1.29, 1.82) is 0 Å². The van der Waals surface area contributed by atoms with Crippen molar-refractivity contribution in [2.24, 2.45) is 5.92 Å². The van der Waals surface area contributed by atoms with Gasteiger partial charge in [0.05, 0.1) is 5.69 Å². The zero-order valence-electron chi connectivity index (χ0n) is 7.80. The predicted molar refractivity (Wildman–Crippen MR) is 52.1 cm³/mol. The molecular weight excluding hydrogens is 182 g/mol. The van der Waals surface area contributed by atoms with Crippen molar-refractivity contribution in [2.75, 3.05) is 5.32 Å². The van der Waals surface area contributed by atoms with Crippen LogP contribution in [0.1, 0.15) is 13.3 Å². The Kier molecular flexibility index (Phi) is 2.07. The van der Waals surface area contributed by atoms with Crippen LogP contribution < -0.4 is 5.32 Å². The van der Waals surface area contributed by atoms with Crippen LogP contribution in [0.3, 0.4) is 0 Å². The van der Waals surface area contributed by atoms with Crippen LogP contribution in [0.4, 0.5) is 11.5 Å². The number of nitro groups is 1. The molecule has 0 unspecified atom stereocenters. The molecule has 5 heteroatoms. The minimum atomic E-state index is -0.496. The van der Waals surface area contributed by atoms with E-state index in [0.29, 0.717) is 12.0 Å². The number of rotatable bonds is 3. The molecule has 14 heavy (non-hydrogen) atoms. The van der Waals surface area contributed by atoms with E-state index in [1.165, 1.54) is 12.3 Å². The molecule has 2 rings (SSSR count). The first-order chi connectivity index (χ1) is 6.66. The van der Waals surface area contributed by atoms with Gasteiger partial charge in [0.15, 0.2) is 6.20 Å². The lowest BCUT2D eigenvalue weighted by Crippen LogP contribution is -2.03. The number of hydrogen-bond donors (Lipinski definition) is 1. The molecule has 1 aliphatic carbocycles. The fourth-order valence-corrected chi connectivity index (χ4v) is 1.32. The molecule has 2 atom stereocenters. The van der Waals surface area contributed by atoms with E-state index in [4.69, 9.17) is 0 Å². The standard InChI is InChI=1S/C9H11N3O2/c1-6-4-8(6)11-7-2-3-9(10-5-7)12(13)14/h2-3,5-6,8,11H,4H2,1H3/t6-,8-/m1/s1. The van der Waals surface area contributed by atoms with Crippen LogP contribution in [0.2, 0.25) is 0 Å². The van der Waals surface area contributed by atoms with E-state index >= 15 is 0 Å². The molecule has 1 aliphatic rings. The smallest absolute Gasteiger partial charge is 0.363 e. The van der Waals surface area contributed by atoms with Crippen LogP contribution in [0, 0.1) is 16.0 Å². The fraction of sp³-hybridized carbons (Fsp3) is 0.444. The van der Waals surface area contributed by atoms with Gasteiger partial charge in [-0.2, -0.15) is 0 Å². The molecule has 0 bridgehead atoms. The van der Waals surface area contributed by atoms with E-state index in [1.807, 2.05) is 0 Å². The first-order valence-corrected chi connectivity index (χ1v) is 4.54. The number of aromatic nitrogens is 1. The summed E-state index contributed by atoms with van der Waals surface area (Å²) in [5.41, 5.74) is 0.852. The Morgan fingerprint density at radius 2 is 2.36 bits per heavy atom. The highest BCUT2D eigenvalue weighted by atomic mass is 16.6. The summed E-state index contributed by atoms with van der Waals surface area (Å²) in [7, 11) is 0. The monoisotopic (exact) mass is 193 g/mol. The van der Waals surface area contributed by atoms with Crippen LogP contribution >= 0.6 is 0 Å². The molecule has 0 radical (unpaired) electrons. The second kappa shape index (κ2) is 3.25. The van der Waals surface area contributed by atoms with Gasteiger partial charge in [-0.15, -0.1) is 0 Å². The van der Waals surface area contributed by atoms with Crippen LogP contribution in [-0.4, -0.2) is 15.9 Å². The molecule has 1 saturated carbocycles. The number of nitrogens with zero attached hydrogens (tertiary/aromatic N) is 2. The van der Waals surface area contributed by atoms with Gasteiger partial charge in [-0.3, -0.25) is 0 Å². The lowest BCUT2D eigenvalue weighted by molar-refractivity contribution is -0.389. The van der Waals surface area contributed by atoms with E-state index < -0.39 is 4.92 Å². The van der Waals surface area contributed by atoms with Gasteiger partial charge in [0.1, 0.15) is 0 Å². The van der Waals surface area contributed by atoms with Crippen molar-refractivity contribution in [2.45, 2.75) is 19.4 Å². The predicted octanol–water partition coefficient (Wildman–Crippen LogP) is 1.81. The maximum atomic E-state index is 10.3. The topological polar surface area (TPSA) is 68.1 Å². The first-order valence-electron chi connectivity index (χ1n) is 4.54. The molecule has 1 aromatic heterocycles. The zero-order chi connectivity index (χ0) is 10.1. The average Bonchev–Trinajstić information content (AvgIpc) is 2.82. The zero-order valence-corrected chi connectivity index (χ0v) is 7.80. The van der Waals surface area contributed by atoms with Crippen LogP contribution in [0.5, 0.6) is 0 Å². The average molecular weight is 193 g/mol. The summed E-state index contributed by atoms with van der Waals surface area (Å²) in [4.78, 5) is 13.5. The van der Waals surface area contributed by atoms with Gasteiger partial charge < -0.3 is 15.4 Å². The summed E-state index contributed by atoms with van der Waals surface area (Å²) >= 11 is 0. The highest BCUT2D eigenvalue weighted by molar-refractivity contribution is 5.45. The van der Waals surface area contributed by atoms with Gasteiger partial charge in [-0.25, -0.2) is 0 Å².